The van der Waals surface area contributed by atoms with E-state index >= 15 is 0 Å². The predicted molar refractivity (Wildman–Crippen MR) is 80.3 cm³/mol. The van der Waals surface area contributed by atoms with Gasteiger partial charge in [-0.1, -0.05) is 0 Å². The van der Waals surface area contributed by atoms with Crippen molar-refractivity contribution in [3.63, 3.8) is 0 Å². The smallest absolute Gasteiger partial charge is 0.341 e. The van der Waals surface area contributed by atoms with Crippen molar-refractivity contribution >= 4 is 17.6 Å². The maximum Gasteiger partial charge on any atom is 0.341 e. The standard InChI is InChI=1S/C15H21NO6/c1-16(14(17)7-8-21-10-9-20-2)12-3-5-13(6-4-12)22-11-15(18)19/h3-6H,7-11H2,1-2H3,(H,18,19). The fourth-order valence-corrected chi connectivity index (χ4v) is 1.63. The molecule has 0 radical (unpaired) electrons. The van der Waals surface area contributed by atoms with E-state index in [2.05, 4.69) is 0 Å². The molecule has 0 aromatic heterocycles. The van der Waals surface area contributed by atoms with Crippen LogP contribution in [-0.4, -0.2) is 57.6 Å². The quantitative estimate of drug-likeness (QED) is 0.653. The third kappa shape index (κ3) is 6.55. The molecule has 1 rings (SSSR count). The van der Waals surface area contributed by atoms with Crippen molar-refractivity contribution in [2.24, 2.45) is 0 Å². The normalized spacial score (nSPS) is 10.3. The zero-order valence-corrected chi connectivity index (χ0v) is 12.8. The van der Waals surface area contributed by atoms with Crippen LogP contribution in [-0.2, 0) is 19.1 Å². The SMILES string of the molecule is COCCOCCC(=O)N(C)c1ccc(OCC(=O)O)cc1. The monoisotopic (exact) mass is 311 g/mol. The number of carboxylic acid groups (broad SMARTS) is 1. The average Bonchev–Trinajstić information content (AvgIpc) is 2.52. The fraction of sp³-hybridized carbons (Fsp3) is 0.467. The molecule has 0 fully saturated rings. The van der Waals surface area contributed by atoms with Gasteiger partial charge < -0.3 is 24.2 Å². The highest BCUT2D eigenvalue weighted by atomic mass is 16.5. The molecular formula is C15H21NO6. The maximum atomic E-state index is 12.0. The van der Waals surface area contributed by atoms with Gasteiger partial charge in [-0.25, -0.2) is 4.79 Å². The number of carbonyl (C=O) groups is 2. The molecule has 22 heavy (non-hydrogen) atoms. The first kappa shape index (κ1) is 17.9. The molecule has 0 saturated heterocycles. The van der Waals surface area contributed by atoms with Gasteiger partial charge in [-0.05, 0) is 24.3 Å². The van der Waals surface area contributed by atoms with Crippen LogP contribution in [0.25, 0.3) is 0 Å². The number of aliphatic carboxylic acids is 1. The van der Waals surface area contributed by atoms with E-state index in [0.717, 1.165) is 0 Å². The molecule has 1 amide bonds. The van der Waals surface area contributed by atoms with Crippen LogP contribution in [0.15, 0.2) is 24.3 Å². The zero-order chi connectivity index (χ0) is 16.4. The van der Waals surface area contributed by atoms with Crippen LogP contribution in [0.2, 0.25) is 0 Å². The summed E-state index contributed by atoms with van der Waals surface area (Å²) >= 11 is 0. The van der Waals surface area contributed by atoms with Gasteiger partial charge in [0.05, 0.1) is 26.2 Å². The van der Waals surface area contributed by atoms with Gasteiger partial charge in [-0.2, -0.15) is 0 Å². The molecule has 0 aliphatic heterocycles. The van der Waals surface area contributed by atoms with E-state index in [9.17, 15) is 9.59 Å². The van der Waals surface area contributed by atoms with Crippen LogP contribution >= 0.6 is 0 Å². The zero-order valence-electron chi connectivity index (χ0n) is 12.8. The molecule has 0 atom stereocenters. The number of ether oxygens (including phenoxy) is 3. The summed E-state index contributed by atoms with van der Waals surface area (Å²) in [6, 6.07) is 6.63. The third-order valence-electron chi connectivity index (χ3n) is 2.85. The molecule has 0 aliphatic rings. The fourth-order valence-electron chi connectivity index (χ4n) is 1.63. The second-order valence-corrected chi connectivity index (χ2v) is 4.48. The summed E-state index contributed by atoms with van der Waals surface area (Å²) in [6.07, 6.45) is 0.275. The van der Waals surface area contributed by atoms with Crippen molar-refractivity contribution in [2.75, 3.05) is 45.5 Å². The Kier molecular flexibility index (Phi) is 7.95. The molecule has 0 unspecified atom stereocenters. The average molecular weight is 311 g/mol. The first-order valence-corrected chi connectivity index (χ1v) is 6.82. The van der Waals surface area contributed by atoms with E-state index in [1.807, 2.05) is 0 Å². The van der Waals surface area contributed by atoms with Gasteiger partial charge in [0.25, 0.3) is 0 Å². The summed E-state index contributed by atoms with van der Waals surface area (Å²) in [4.78, 5) is 23.9. The lowest BCUT2D eigenvalue weighted by Gasteiger charge is -2.17. The minimum absolute atomic E-state index is 0.0726. The summed E-state index contributed by atoms with van der Waals surface area (Å²) < 4.78 is 15.1. The molecule has 0 saturated carbocycles. The highest BCUT2D eigenvalue weighted by Gasteiger charge is 2.11. The minimum atomic E-state index is -1.04. The van der Waals surface area contributed by atoms with Gasteiger partial charge in [0.1, 0.15) is 5.75 Å². The highest BCUT2D eigenvalue weighted by molar-refractivity contribution is 5.92. The Balaban J connectivity index is 2.42. The van der Waals surface area contributed by atoms with Crippen molar-refractivity contribution in [1.82, 2.24) is 0 Å². The van der Waals surface area contributed by atoms with Crippen molar-refractivity contribution in [2.45, 2.75) is 6.42 Å². The van der Waals surface area contributed by atoms with Gasteiger partial charge in [-0.15, -0.1) is 0 Å². The molecule has 122 valence electrons. The first-order valence-electron chi connectivity index (χ1n) is 6.82. The number of hydrogen-bond donors (Lipinski definition) is 1. The predicted octanol–water partition coefficient (Wildman–Crippen LogP) is 1.17. The molecule has 0 bridgehead atoms. The van der Waals surface area contributed by atoms with Crippen molar-refractivity contribution < 1.29 is 28.9 Å². The summed E-state index contributed by atoms with van der Waals surface area (Å²) in [5.41, 5.74) is 0.699. The van der Waals surface area contributed by atoms with Crippen molar-refractivity contribution in [3.05, 3.63) is 24.3 Å². The van der Waals surface area contributed by atoms with Crippen LogP contribution in [0.5, 0.6) is 5.75 Å². The number of nitrogens with zero attached hydrogens (tertiary/aromatic N) is 1. The summed E-state index contributed by atoms with van der Waals surface area (Å²) in [5.74, 6) is -0.670. The number of amides is 1. The van der Waals surface area contributed by atoms with Gasteiger partial charge in [0.2, 0.25) is 5.91 Å². The lowest BCUT2D eigenvalue weighted by molar-refractivity contribution is -0.139. The van der Waals surface area contributed by atoms with E-state index < -0.39 is 12.6 Å². The Hall–Kier alpha value is -2.12. The van der Waals surface area contributed by atoms with Crippen LogP contribution in [0.3, 0.4) is 0 Å². The molecule has 1 aromatic carbocycles. The molecular weight excluding hydrogens is 290 g/mol. The number of anilines is 1. The second kappa shape index (κ2) is 9.75. The van der Waals surface area contributed by atoms with Crippen molar-refractivity contribution in [3.8, 4) is 5.75 Å². The van der Waals surface area contributed by atoms with E-state index in [4.69, 9.17) is 19.3 Å². The highest BCUT2D eigenvalue weighted by Crippen LogP contribution is 2.19. The number of hydrogen-bond acceptors (Lipinski definition) is 5. The maximum absolute atomic E-state index is 12.0. The van der Waals surface area contributed by atoms with Crippen LogP contribution < -0.4 is 9.64 Å². The Morgan fingerprint density at radius 1 is 1.14 bits per heavy atom. The molecule has 0 spiro atoms. The minimum Gasteiger partial charge on any atom is -0.482 e. The largest absolute Gasteiger partial charge is 0.482 e. The van der Waals surface area contributed by atoms with E-state index in [-0.39, 0.29) is 12.3 Å². The van der Waals surface area contributed by atoms with Crippen LogP contribution in [0.1, 0.15) is 6.42 Å². The third-order valence-corrected chi connectivity index (χ3v) is 2.85. The molecule has 7 heteroatoms. The van der Waals surface area contributed by atoms with Gasteiger partial charge in [0, 0.05) is 19.8 Å². The Bertz CT molecular complexity index is 473. The molecule has 0 heterocycles. The molecule has 1 N–H and O–H groups in total. The summed E-state index contributed by atoms with van der Waals surface area (Å²) in [6.45, 7) is 0.907. The van der Waals surface area contributed by atoms with Crippen LogP contribution in [0, 0.1) is 0 Å². The number of carboxylic acids is 1. The number of methoxy groups -OCH3 is 1. The lowest BCUT2D eigenvalue weighted by atomic mass is 10.2. The van der Waals surface area contributed by atoms with Crippen molar-refractivity contribution in [1.29, 1.82) is 0 Å². The molecule has 1 aromatic rings. The Labute approximate surface area is 129 Å². The van der Waals surface area contributed by atoms with E-state index in [0.29, 0.717) is 31.3 Å². The number of carbonyl (C=O) groups excluding carboxylic acids is 1. The lowest BCUT2D eigenvalue weighted by Crippen LogP contribution is -2.27. The topological polar surface area (TPSA) is 85.3 Å². The summed E-state index contributed by atoms with van der Waals surface area (Å²) in [7, 11) is 3.26. The number of benzene rings is 1. The summed E-state index contributed by atoms with van der Waals surface area (Å²) in [5, 5.41) is 8.53. The van der Waals surface area contributed by atoms with E-state index in [1.54, 1.807) is 38.4 Å². The second-order valence-electron chi connectivity index (χ2n) is 4.48. The van der Waals surface area contributed by atoms with Gasteiger partial charge in [-0.3, -0.25) is 4.79 Å². The van der Waals surface area contributed by atoms with Gasteiger partial charge in [0.15, 0.2) is 6.61 Å². The Morgan fingerprint density at radius 2 is 1.82 bits per heavy atom. The van der Waals surface area contributed by atoms with E-state index in [1.165, 1.54) is 4.90 Å². The van der Waals surface area contributed by atoms with Gasteiger partial charge >= 0.3 is 5.97 Å². The molecule has 0 aliphatic carbocycles. The first-order chi connectivity index (χ1) is 10.5. The van der Waals surface area contributed by atoms with Crippen LogP contribution in [0.4, 0.5) is 5.69 Å². The number of rotatable bonds is 10. The Morgan fingerprint density at radius 3 is 2.41 bits per heavy atom. The molecule has 7 nitrogen and oxygen atoms in total.